The SMILES string of the molecule is Cc1nnc(C(CCN2C3CCC2CC3)(c2ccccc2)c2ccccc2)o1. The topological polar surface area (TPSA) is 42.2 Å². The van der Waals surface area contributed by atoms with Gasteiger partial charge in [-0.2, -0.15) is 0 Å². The summed E-state index contributed by atoms with van der Waals surface area (Å²) in [5, 5.41) is 8.73. The summed E-state index contributed by atoms with van der Waals surface area (Å²) in [6.07, 6.45) is 6.36. The molecule has 0 spiro atoms. The third kappa shape index (κ3) is 2.87. The predicted molar refractivity (Wildman–Crippen MR) is 109 cm³/mol. The first-order valence-corrected chi connectivity index (χ1v) is 10.4. The molecule has 2 aliphatic rings. The molecule has 0 aliphatic carbocycles. The van der Waals surface area contributed by atoms with Crippen LogP contribution in [0.5, 0.6) is 0 Å². The fourth-order valence-electron chi connectivity index (χ4n) is 5.41. The summed E-state index contributed by atoms with van der Waals surface area (Å²) in [6.45, 7) is 2.93. The molecule has 2 aliphatic heterocycles. The summed E-state index contributed by atoms with van der Waals surface area (Å²) in [7, 11) is 0. The van der Waals surface area contributed by atoms with Crippen molar-refractivity contribution in [2.24, 2.45) is 0 Å². The molecule has 2 saturated heterocycles. The number of fused-ring (bicyclic) bond motifs is 2. The number of aromatic nitrogens is 2. The Morgan fingerprint density at radius 2 is 1.39 bits per heavy atom. The number of hydrogen-bond acceptors (Lipinski definition) is 4. The quantitative estimate of drug-likeness (QED) is 0.626. The standard InChI is InChI=1S/C24H27N3O/c1-18-25-26-23(28-18)24(19-8-4-2-5-9-19,20-10-6-3-7-11-20)16-17-27-21-12-13-22(27)15-14-21/h2-11,21-22H,12-17H2,1H3. The normalized spacial score (nSPS) is 22.0. The van der Waals surface area contributed by atoms with Gasteiger partial charge in [0.05, 0.1) is 5.41 Å². The van der Waals surface area contributed by atoms with Crippen molar-refractivity contribution >= 4 is 0 Å². The fourth-order valence-corrected chi connectivity index (χ4v) is 5.41. The Kier molecular flexibility index (Phi) is 4.52. The van der Waals surface area contributed by atoms with E-state index in [1.54, 1.807) is 0 Å². The van der Waals surface area contributed by atoms with Gasteiger partial charge in [-0.3, -0.25) is 4.90 Å². The molecule has 2 fully saturated rings. The lowest BCUT2D eigenvalue weighted by Gasteiger charge is -2.34. The smallest absolute Gasteiger partial charge is 0.231 e. The Morgan fingerprint density at radius 1 is 0.857 bits per heavy atom. The largest absolute Gasteiger partial charge is 0.424 e. The van der Waals surface area contributed by atoms with Crippen LogP contribution in [0.3, 0.4) is 0 Å². The van der Waals surface area contributed by atoms with Crippen LogP contribution >= 0.6 is 0 Å². The van der Waals surface area contributed by atoms with Gasteiger partial charge in [0.15, 0.2) is 0 Å². The molecule has 0 amide bonds. The fraction of sp³-hybridized carbons (Fsp3) is 0.417. The lowest BCUT2D eigenvalue weighted by molar-refractivity contribution is 0.228. The van der Waals surface area contributed by atoms with Crippen molar-refractivity contribution in [3.63, 3.8) is 0 Å². The molecular weight excluding hydrogens is 346 g/mol. The third-order valence-corrected chi connectivity index (χ3v) is 6.77. The molecule has 3 aromatic rings. The van der Waals surface area contributed by atoms with E-state index in [4.69, 9.17) is 4.42 Å². The Balaban J connectivity index is 1.61. The van der Waals surface area contributed by atoms with Crippen LogP contribution in [0.15, 0.2) is 65.1 Å². The molecule has 0 radical (unpaired) electrons. The maximum Gasteiger partial charge on any atom is 0.231 e. The maximum atomic E-state index is 6.10. The minimum absolute atomic E-state index is 0.425. The van der Waals surface area contributed by atoms with E-state index >= 15 is 0 Å². The number of nitrogens with zero attached hydrogens (tertiary/aromatic N) is 3. The molecule has 0 N–H and O–H groups in total. The van der Waals surface area contributed by atoms with E-state index < -0.39 is 5.41 Å². The summed E-state index contributed by atoms with van der Waals surface area (Å²) in [5.41, 5.74) is 2.01. The monoisotopic (exact) mass is 373 g/mol. The van der Waals surface area contributed by atoms with Crippen molar-refractivity contribution in [3.8, 4) is 0 Å². The van der Waals surface area contributed by atoms with E-state index in [9.17, 15) is 0 Å². The number of hydrogen-bond donors (Lipinski definition) is 0. The van der Waals surface area contributed by atoms with Gasteiger partial charge in [0.1, 0.15) is 0 Å². The molecule has 2 bridgehead atoms. The number of benzene rings is 2. The first-order chi connectivity index (χ1) is 13.8. The number of rotatable bonds is 6. The molecular formula is C24H27N3O. The van der Waals surface area contributed by atoms with Gasteiger partial charge in [-0.1, -0.05) is 60.7 Å². The van der Waals surface area contributed by atoms with Crippen LogP contribution in [0.25, 0.3) is 0 Å². The van der Waals surface area contributed by atoms with Crippen LogP contribution in [0.4, 0.5) is 0 Å². The summed E-state index contributed by atoms with van der Waals surface area (Å²) in [5.74, 6) is 1.32. The van der Waals surface area contributed by atoms with Gasteiger partial charge in [0.25, 0.3) is 0 Å². The van der Waals surface area contributed by atoms with Crippen LogP contribution in [-0.2, 0) is 5.41 Å². The summed E-state index contributed by atoms with van der Waals surface area (Å²) < 4.78 is 6.10. The zero-order valence-corrected chi connectivity index (χ0v) is 16.4. The second-order valence-corrected chi connectivity index (χ2v) is 8.21. The Hall–Kier alpha value is -2.46. The van der Waals surface area contributed by atoms with Crippen LogP contribution in [0.1, 0.15) is 55.0 Å². The van der Waals surface area contributed by atoms with E-state index in [1.165, 1.54) is 36.8 Å². The molecule has 0 atom stereocenters. The first kappa shape index (κ1) is 17.6. The molecule has 2 aromatic carbocycles. The lowest BCUT2D eigenvalue weighted by atomic mass is 9.71. The molecule has 3 heterocycles. The van der Waals surface area contributed by atoms with Crippen molar-refractivity contribution in [3.05, 3.63) is 83.6 Å². The van der Waals surface area contributed by atoms with Gasteiger partial charge < -0.3 is 4.42 Å². The van der Waals surface area contributed by atoms with Crippen molar-refractivity contribution < 1.29 is 4.42 Å². The van der Waals surface area contributed by atoms with Crippen LogP contribution < -0.4 is 0 Å². The lowest BCUT2D eigenvalue weighted by Crippen LogP contribution is -2.37. The molecule has 0 saturated carbocycles. The number of aryl methyl sites for hydroxylation is 1. The van der Waals surface area contributed by atoms with Gasteiger partial charge in [-0.25, -0.2) is 0 Å². The summed E-state index contributed by atoms with van der Waals surface area (Å²) in [6, 6.07) is 22.9. The van der Waals surface area contributed by atoms with Crippen molar-refractivity contribution in [2.45, 2.75) is 56.5 Å². The first-order valence-electron chi connectivity index (χ1n) is 10.4. The van der Waals surface area contributed by atoms with Gasteiger partial charge in [-0.05, 0) is 43.2 Å². The van der Waals surface area contributed by atoms with E-state index in [2.05, 4.69) is 75.8 Å². The summed E-state index contributed by atoms with van der Waals surface area (Å²) >= 11 is 0. The molecule has 0 unspecified atom stereocenters. The Bertz CT molecular complexity index is 862. The molecule has 4 heteroatoms. The minimum Gasteiger partial charge on any atom is -0.424 e. The van der Waals surface area contributed by atoms with Crippen molar-refractivity contribution in [2.75, 3.05) is 6.54 Å². The highest BCUT2D eigenvalue weighted by molar-refractivity contribution is 5.45. The zero-order chi connectivity index (χ0) is 19.0. The minimum atomic E-state index is -0.425. The Labute approximate surface area is 166 Å². The van der Waals surface area contributed by atoms with Crippen LogP contribution in [-0.4, -0.2) is 33.7 Å². The van der Waals surface area contributed by atoms with Crippen LogP contribution in [0, 0.1) is 6.92 Å². The van der Waals surface area contributed by atoms with Crippen molar-refractivity contribution in [1.29, 1.82) is 0 Å². The second kappa shape index (κ2) is 7.17. The highest BCUT2D eigenvalue weighted by Crippen LogP contribution is 2.44. The molecule has 4 nitrogen and oxygen atoms in total. The highest BCUT2D eigenvalue weighted by atomic mass is 16.4. The third-order valence-electron chi connectivity index (χ3n) is 6.77. The second-order valence-electron chi connectivity index (χ2n) is 8.21. The van der Waals surface area contributed by atoms with Crippen LogP contribution in [0.2, 0.25) is 0 Å². The Morgan fingerprint density at radius 3 is 1.86 bits per heavy atom. The van der Waals surface area contributed by atoms with Gasteiger partial charge >= 0.3 is 0 Å². The van der Waals surface area contributed by atoms with E-state index in [-0.39, 0.29) is 0 Å². The van der Waals surface area contributed by atoms with E-state index in [1.807, 2.05) is 6.92 Å². The average Bonchev–Trinajstić information content (AvgIpc) is 3.46. The molecule has 144 valence electrons. The van der Waals surface area contributed by atoms with Gasteiger partial charge in [0.2, 0.25) is 11.8 Å². The average molecular weight is 374 g/mol. The molecule has 1 aromatic heterocycles. The van der Waals surface area contributed by atoms with Gasteiger partial charge in [0, 0.05) is 25.6 Å². The molecule has 28 heavy (non-hydrogen) atoms. The zero-order valence-electron chi connectivity index (χ0n) is 16.4. The predicted octanol–water partition coefficient (Wildman–Crippen LogP) is 4.73. The van der Waals surface area contributed by atoms with E-state index in [0.29, 0.717) is 11.8 Å². The van der Waals surface area contributed by atoms with E-state index in [0.717, 1.165) is 25.0 Å². The maximum absolute atomic E-state index is 6.10. The van der Waals surface area contributed by atoms with Gasteiger partial charge in [-0.15, -0.1) is 10.2 Å². The summed E-state index contributed by atoms with van der Waals surface area (Å²) in [4.78, 5) is 2.74. The highest BCUT2D eigenvalue weighted by Gasteiger charge is 2.45. The van der Waals surface area contributed by atoms with Crippen molar-refractivity contribution in [1.82, 2.24) is 15.1 Å². The molecule has 5 rings (SSSR count).